The van der Waals surface area contributed by atoms with Gasteiger partial charge in [-0.3, -0.25) is 0 Å². The summed E-state index contributed by atoms with van der Waals surface area (Å²) in [6.45, 7) is 5.81. The van der Waals surface area contributed by atoms with Crippen LogP contribution >= 0.6 is 0 Å². The first-order valence-corrected chi connectivity index (χ1v) is 7.73. The van der Waals surface area contributed by atoms with Gasteiger partial charge in [-0.2, -0.15) is 0 Å². The van der Waals surface area contributed by atoms with Crippen LogP contribution in [0.2, 0.25) is 0 Å². The van der Waals surface area contributed by atoms with Crippen molar-refractivity contribution in [3.05, 3.63) is 30.0 Å². The van der Waals surface area contributed by atoms with Crippen molar-refractivity contribution >= 4 is 21.0 Å². The third-order valence-electron chi connectivity index (χ3n) is 2.53. The Labute approximate surface area is 113 Å². The Kier molecular flexibility index (Phi) is 3.64. The van der Waals surface area contributed by atoms with Gasteiger partial charge in [0.1, 0.15) is 5.69 Å². The summed E-state index contributed by atoms with van der Waals surface area (Å²) in [5, 5.41) is 4.73. The van der Waals surface area contributed by atoms with Crippen LogP contribution in [0.4, 0.5) is 0 Å². The molecule has 0 aliphatic rings. The van der Waals surface area contributed by atoms with Crippen LogP contribution < -0.4 is 4.72 Å². The first-order chi connectivity index (χ1) is 8.77. The summed E-state index contributed by atoms with van der Waals surface area (Å²) >= 11 is 0. The zero-order chi connectivity index (χ0) is 14.1. The van der Waals surface area contributed by atoms with Crippen LogP contribution in [-0.4, -0.2) is 19.3 Å². The lowest BCUT2D eigenvalue weighted by atomic mass is 10.0. The number of fused-ring (bicyclic) bond motifs is 1. The summed E-state index contributed by atoms with van der Waals surface area (Å²) in [5.41, 5.74) is 0.984. The van der Waals surface area contributed by atoms with Crippen LogP contribution in [0.5, 0.6) is 0 Å². The standard InChI is InChI=1S/C13H18N2O3S/c1-13(2,3)9-19(16,17)14-8-11-10-6-4-5-7-12(10)18-15-11/h4-7,14H,8-9H2,1-3H3. The zero-order valence-corrected chi connectivity index (χ0v) is 12.1. The molecule has 0 aliphatic carbocycles. The van der Waals surface area contributed by atoms with Crippen LogP contribution in [0.15, 0.2) is 28.8 Å². The number of benzene rings is 1. The van der Waals surface area contributed by atoms with E-state index in [4.69, 9.17) is 4.52 Å². The predicted molar refractivity (Wildman–Crippen MR) is 74.1 cm³/mol. The Balaban J connectivity index is 2.11. The lowest BCUT2D eigenvalue weighted by Crippen LogP contribution is -2.32. The third kappa shape index (κ3) is 3.78. The third-order valence-corrected chi connectivity index (χ3v) is 4.36. The number of hydrogen-bond acceptors (Lipinski definition) is 4. The molecule has 6 heteroatoms. The summed E-state index contributed by atoms with van der Waals surface area (Å²) in [5.74, 6) is 0.0792. The van der Waals surface area contributed by atoms with E-state index in [1.165, 1.54) is 0 Å². The second-order valence-electron chi connectivity index (χ2n) is 5.77. The Morgan fingerprint density at radius 1 is 1.26 bits per heavy atom. The van der Waals surface area contributed by atoms with E-state index in [0.29, 0.717) is 11.3 Å². The van der Waals surface area contributed by atoms with E-state index >= 15 is 0 Å². The summed E-state index contributed by atoms with van der Waals surface area (Å²) < 4.78 is 31.5. The van der Waals surface area contributed by atoms with Crippen LogP contribution in [0.1, 0.15) is 26.5 Å². The maximum absolute atomic E-state index is 11.9. The van der Waals surface area contributed by atoms with Crippen molar-refractivity contribution in [1.29, 1.82) is 0 Å². The van der Waals surface area contributed by atoms with Gasteiger partial charge in [-0.15, -0.1) is 0 Å². The number of nitrogens with one attached hydrogen (secondary N) is 1. The van der Waals surface area contributed by atoms with Crippen LogP contribution in [0, 0.1) is 5.41 Å². The minimum atomic E-state index is -3.32. The van der Waals surface area contributed by atoms with Gasteiger partial charge >= 0.3 is 0 Å². The molecule has 0 unspecified atom stereocenters. The second-order valence-corrected chi connectivity index (χ2v) is 7.57. The number of sulfonamides is 1. The lowest BCUT2D eigenvalue weighted by molar-refractivity contribution is 0.442. The molecule has 0 fully saturated rings. The molecular formula is C13H18N2O3S. The fourth-order valence-corrected chi connectivity index (χ4v) is 3.46. The van der Waals surface area contributed by atoms with Crippen molar-refractivity contribution in [2.24, 2.45) is 5.41 Å². The Morgan fingerprint density at radius 3 is 2.63 bits per heavy atom. The molecule has 1 aromatic heterocycles. The molecule has 0 radical (unpaired) electrons. The highest BCUT2D eigenvalue weighted by Crippen LogP contribution is 2.19. The number of nitrogens with zero attached hydrogens (tertiary/aromatic N) is 1. The maximum Gasteiger partial charge on any atom is 0.212 e. The highest BCUT2D eigenvalue weighted by atomic mass is 32.2. The molecule has 2 rings (SSSR count). The topological polar surface area (TPSA) is 72.2 Å². The summed E-state index contributed by atoms with van der Waals surface area (Å²) in [7, 11) is -3.32. The highest BCUT2D eigenvalue weighted by Gasteiger charge is 2.21. The molecule has 19 heavy (non-hydrogen) atoms. The van der Waals surface area contributed by atoms with E-state index in [1.807, 2.05) is 39.0 Å². The molecule has 0 spiro atoms. The summed E-state index contributed by atoms with van der Waals surface area (Å²) in [6.07, 6.45) is 0. The number of aromatic nitrogens is 1. The average molecular weight is 282 g/mol. The van der Waals surface area contributed by atoms with Crippen LogP contribution in [-0.2, 0) is 16.6 Å². The maximum atomic E-state index is 11.9. The second kappa shape index (κ2) is 4.94. The Morgan fingerprint density at radius 2 is 1.95 bits per heavy atom. The van der Waals surface area contributed by atoms with E-state index in [-0.39, 0.29) is 17.7 Å². The van der Waals surface area contributed by atoms with E-state index in [1.54, 1.807) is 6.07 Å². The quantitative estimate of drug-likeness (QED) is 0.934. The van der Waals surface area contributed by atoms with Gasteiger partial charge in [0.2, 0.25) is 10.0 Å². The molecule has 1 heterocycles. The summed E-state index contributed by atoms with van der Waals surface area (Å²) in [6, 6.07) is 7.38. The molecular weight excluding hydrogens is 264 g/mol. The highest BCUT2D eigenvalue weighted by molar-refractivity contribution is 7.89. The van der Waals surface area contributed by atoms with Gasteiger partial charge < -0.3 is 4.52 Å². The van der Waals surface area contributed by atoms with E-state index in [9.17, 15) is 8.42 Å². The largest absolute Gasteiger partial charge is 0.356 e. The van der Waals surface area contributed by atoms with Crippen LogP contribution in [0.3, 0.4) is 0 Å². The van der Waals surface area contributed by atoms with Gasteiger partial charge in [-0.1, -0.05) is 38.1 Å². The van der Waals surface area contributed by atoms with Crippen molar-refractivity contribution in [3.8, 4) is 0 Å². The Hall–Kier alpha value is -1.40. The molecule has 0 atom stereocenters. The van der Waals surface area contributed by atoms with Crippen molar-refractivity contribution < 1.29 is 12.9 Å². The smallest absolute Gasteiger partial charge is 0.212 e. The van der Waals surface area contributed by atoms with Gasteiger partial charge in [0.25, 0.3) is 0 Å². The molecule has 0 bridgehead atoms. The molecule has 0 saturated carbocycles. The molecule has 5 nitrogen and oxygen atoms in total. The van der Waals surface area contributed by atoms with Gasteiger partial charge in [-0.25, -0.2) is 13.1 Å². The first-order valence-electron chi connectivity index (χ1n) is 6.07. The monoisotopic (exact) mass is 282 g/mol. The van der Waals surface area contributed by atoms with Crippen molar-refractivity contribution in [3.63, 3.8) is 0 Å². The van der Waals surface area contributed by atoms with E-state index < -0.39 is 10.0 Å². The minimum absolute atomic E-state index is 0.0792. The number of para-hydroxylation sites is 1. The average Bonchev–Trinajstić information content (AvgIpc) is 2.66. The minimum Gasteiger partial charge on any atom is -0.356 e. The zero-order valence-electron chi connectivity index (χ0n) is 11.3. The van der Waals surface area contributed by atoms with Gasteiger partial charge in [-0.05, 0) is 17.5 Å². The fraction of sp³-hybridized carbons (Fsp3) is 0.462. The van der Waals surface area contributed by atoms with Crippen molar-refractivity contribution in [2.45, 2.75) is 27.3 Å². The Bertz CT molecular complexity index is 668. The van der Waals surface area contributed by atoms with Crippen LogP contribution in [0.25, 0.3) is 11.0 Å². The van der Waals surface area contributed by atoms with E-state index in [2.05, 4.69) is 9.88 Å². The molecule has 1 aromatic carbocycles. The molecule has 0 amide bonds. The van der Waals surface area contributed by atoms with Gasteiger partial charge in [0, 0.05) is 5.39 Å². The van der Waals surface area contributed by atoms with Crippen molar-refractivity contribution in [2.75, 3.05) is 5.75 Å². The fourth-order valence-electron chi connectivity index (χ4n) is 1.87. The van der Waals surface area contributed by atoms with Gasteiger partial charge in [0.05, 0.1) is 12.3 Å². The molecule has 1 N–H and O–H groups in total. The lowest BCUT2D eigenvalue weighted by Gasteiger charge is -2.17. The molecule has 0 saturated heterocycles. The summed E-state index contributed by atoms with van der Waals surface area (Å²) in [4.78, 5) is 0. The predicted octanol–water partition coefficient (Wildman–Crippen LogP) is 2.29. The van der Waals surface area contributed by atoms with Crippen molar-refractivity contribution in [1.82, 2.24) is 9.88 Å². The first kappa shape index (κ1) is 14.0. The van der Waals surface area contributed by atoms with E-state index in [0.717, 1.165) is 5.39 Å². The molecule has 2 aromatic rings. The SMILES string of the molecule is CC(C)(C)CS(=O)(=O)NCc1noc2ccccc12. The number of rotatable bonds is 4. The number of hydrogen-bond donors (Lipinski definition) is 1. The normalized spacial score (nSPS) is 13.0. The molecule has 0 aliphatic heterocycles. The van der Waals surface area contributed by atoms with Gasteiger partial charge in [0.15, 0.2) is 5.58 Å². The molecule has 104 valence electrons.